The van der Waals surface area contributed by atoms with E-state index < -0.39 is 0 Å². The van der Waals surface area contributed by atoms with Gasteiger partial charge in [0.15, 0.2) is 12.4 Å². The van der Waals surface area contributed by atoms with Crippen molar-refractivity contribution < 1.29 is 4.40 Å². The molecule has 0 amide bonds. The number of nitrogens with zero attached hydrogens (tertiary/aromatic N) is 1. The van der Waals surface area contributed by atoms with E-state index in [1.807, 2.05) is 0 Å². The van der Waals surface area contributed by atoms with Crippen molar-refractivity contribution in [1.29, 1.82) is 0 Å². The molecule has 0 fully saturated rings. The summed E-state index contributed by atoms with van der Waals surface area (Å²) in [6.45, 7) is 2.22. The van der Waals surface area contributed by atoms with Crippen molar-refractivity contribution in [3.05, 3.63) is 60.4 Å². The maximum Gasteiger partial charge on any atom is 0.211 e. The van der Waals surface area contributed by atoms with Crippen molar-refractivity contribution in [2.24, 2.45) is 0 Å². The lowest BCUT2D eigenvalue weighted by molar-refractivity contribution is -0.510. The summed E-state index contributed by atoms with van der Waals surface area (Å²) in [5.41, 5.74) is 2.67. The van der Waals surface area contributed by atoms with E-state index >= 15 is 0 Å². The minimum absolute atomic E-state index is 1.16. The summed E-state index contributed by atoms with van der Waals surface area (Å²) in [7, 11) is 0. The van der Waals surface area contributed by atoms with Gasteiger partial charge < -0.3 is 0 Å². The Hall–Kier alpha value is -1.89. The molecule has 2 aromatic heterocycles. The Bertz CT molecular complexity index is 670. The summed E-state index contributed by atoms with van der Waals surface area (Å²) in [5, 5.41) is 2.63. The van der Waals surface area contributed by atoms with E-state index in [0.717, 1.165) is 6.42 Å². The first-order valence-electron chi connectivity index (χ1n) is 6.19. The molecule has 3 rings (SSSR count). The second-order valence-electron chi connectivity index (χ2n) is 4.52. The maximum absolute atomic E-state index is 2.31. The molecule has 1 heteroatoms. The quantitative estimate of drug-likeness (QED) is 0.461. The lowest BCUT2D eigenvalue weighted by atomic mass is 10.1. The molecule has 17 heavy (non-hydrogen) atoms. The molecule has 0 atom stereocenters. The largest absolute Gasteiger partial charge is 0.211 e. The first kappa shape index (κ1) is 10.3. The number of aryl methyl sites for hydroxylation is 1. The third kappa shape index (κ3) is 1.89. The van der Waals surface area contributed by atoms with Gasteiger partial charge in [0.25, 0.3) is 0 Å². The Labute approximate surface area is 101 Å². The van der Waals surface area contributed by atoms with Gasteiger partial charge in [0.05, 0.1) is 0 Å². The molecule has 3 aromatic rings. The number of pyridine rings is 2. The van der Waals surface area contributed by atoms with Crippen molar-refractivity contribution in [3.63, 3.8) is 0 Å². The number of aromatic nitrogens is 1. The predicted molar refractivity (Wildman–Crippen MR) is 71.1 cm³/mol. The van der Waals surface area contributed by atoms with Gasteiger partial charge in [-0.3, -0.25) is 0 Å². The average molecular weight is 222 g/mol. The fraction of sp³-hybridized carbons (Fsp3) is 0.188. The second kappa shape index (κ2) is 4.17. The van der Waals surface area contributed by atoms with E-state index in [1.54, 1.807) is 0 Å². The molecule has 0 aliphatic carbocycles. The number of hydrogen-bond acceptors (Lipinski definition) is 0. The number of benzene rings is 1. The van der Waals surface area contributed by atoms with Gasteiger partial charge in [0.2, 0.25) is 5.52 Å². The maximum atomic E-state index is 2.31. The van der Waals surface area contributed by atoms with Crippen LogP contribution in [0.4, 0.5) is 0 Å². The first-order chi connectivity index (χ1) is 8.36. The highest BCUT2D eigenvalue weighted by Gasteiger charge is 2.04. The first-order valence-corrected chi connectivity index (χ1v) is 6.19. The second-order valence-corrected chi connectivity index (χ2v) is 4.52. The lowest BCUT2D eigenvalue weighted by Gasteiger charge is -2.01. The normalized spacial score (nSPS) is 11.1. The monoisotopic (exact) mass is 222 g/mol. The van der Waals surface area contributed by atoms with Gasteiger partial charge in [-0.1, -0.05) is 25.5 Å². The van der Waals surface area contributed by atoms with Gasteiger partial charge in [0.1, 0.15) is 0 Å². The van der Waals surface area contributed by atoms with E-state index in [4.69, 9.17) is 0 Å². The summed E-state index contributed by atoms with van der Waals surface area (Å²) in [6, 6.07) is 15.3. The molecule has 0 N–H and O–H groups in total. The minimum atomic E-state index is 1.16. The van der Waals surface area contributed by atoms with Crippen LogP contribution in [0.1, 0.15) is 18.9 Å². The van der Waals surface area contributed by atoms with Gasteiger partial charge >= 0.3 is 0 Å². The smallest absolute Gasteiger partial charge is 0.167 e. The molecule has 0 unspecified atom stereocenters. The van der Waals surface area contributed by atoms with Gasteiger partial charge in [-0.05, 0) is 29.5 Å². The van der Waals surface area contributed by atoms with Crippen LogP contribution in [0.25, 0.3) is 16.3 Å². The minimum Gasteiger partial charge on any atom is -0.167 e. The molecule has 0 aliphatic rings. The zero-order chi connectivity index (χ0) is 11.7. The van der Waals surface area contributed by atoms with Crippen LogP contribution < -0.4 is 4.40 Å². The van der Waals surface area contributed by atoms with Crippen molar-refractivity contribution in [1.82, 2.24) is 0 Å². The Morgan fingerprint density at radius 1 is 1.00 bits per heavy atom. The topological polar surface area (TPSA) is 4.10 Å². The molecule has 0 radical (unpaired) electrons. The fourth-order valence-electron chi connectivity index (χ4n) is 2.33. The van der Waals surface area contributed by atoms with E-state index in [2.05, 4.69) is 66.2 Å². The van der Waals surface area contributed by atoms with Crippen LogP contribution in [0, 0.1) is 0 Å². The third-order valence-corrected chi connectivity index (χ3v) is 3.19. The van der Waals surface area contributed by atoms with Gasteiger partial charge in [-0.25, -0.2) is 0 Å². The Morgan fingerprint density at radius 3 is 2.82 bits per heavy atom. The Balaban J connectivity index is 2.25. The van der Waals surface area contributed by atoms with Gasteiger partial charge in [0, 0.05) is 23.6 Å². The van der Waals surface area contributed by atoms with E-state index in [0.29, 0.717) is 0 Å². The van der Waals surface area contributed by atoms with Crippen molar-refractivity contribution in [2.75, 3.05) is 0 Å². The van der Waals surface area contributed by atoms with E-state index in [9.17, 15) is 0 Å². The van der Waals surface area contributed by atoms with Crippen LogP contribution in [-0.4, -0.2) is 0 Å². The molecular weight excluding hydrogens is 206 g/mol. The van der Waals surface area contributed by atoms with Crippen molar-refractivity contribution in [3.8, 4) is 0 Å². The van der Waals surface area contributed by atoms with Gasteiger partial charge in [-0.2, -0.15) is 4.40 Å². The number of fused-ring (bicyclic) bond motifs is 2. The van der Waals surface area contributed by atoms with Crippen LogP contribution >= 0.6 is 0 Å². The average Bonchev–Trinajstić information content (AvgIpc) is 2.36. The van der Waals surface area contributed by atoms with Crippen molar-refractivity contribution >= 4 is 16.3 Å². The molecule has 0 bridgehead atoms. The third-order valence-electron chi connectivity index (χ3n) is 3.19. The van der Waals surface area contributed by atoms with Crippen LogP contribution in [-0.2, 0) is 6.42 Å². The zero-order valence-electron chi connectivity index (χ0n) is 10.1. The molecular formula is C16H16N+. The molecule has 0 aliphatic heterocycles. The summed E-state index contributed by atoms with van der Waals surface area (Å²) < 4.78 is 2.17. The SMILES string of the molecule is CCCc1ccc2c[n+]3ccccc3cc2c1. The molecule has 1 nitrogen and oxygen atoms in total. The van der Waals surface area contributed by atoms with E-state index in [-0.39, 0.29) is 0 Å². The fourth-order valence-corrected chi connectivity index (χ4v) is 2.33. The highest BCUT2D eigenvalue weighted by atomic mass is 14.8. The van der Waals surface area contributed by atoms with Crippen molar-refractivity contribution in [2.45, 2.75) is 19.8 Å². The standard InChI is InChI=1S/C16H16N/c1-2-5-13-7-8-14-12-17-9-4-3-6-16(17)11-15(14)10-13/h3-4,6-12H,2,5H2,1H3/q+1. The zero-order valence-corrected chi connectivity index (χ0v) is 10.1. The molecule has 2 heterocycles. The summed E-state index contributed by atoms with van der Waals surface area (Å²) in [5.74, 6) is 0. The van der Waals surface area contributed by atoms with Crippen LogP contribution in [0.15, 0.2) is 54.9 Å². The Kier molecular flexibility index (Phi) is 2.52. The summed E-state index contributed by atoms with van der Waals surface area (Å²) >= 11 is 0. The van der Waals surface area contributed by atoms with Crippen LogP contribution in [0.3, 0.4) is 0 Å². The van der Waals surface area contributed by atoms with Crippen LogP contribution in [0.5, 0.6) is 0 Å². The predicted octanol–water partition coefficient (Wildman–Crippen LogP) is 3.53. The highest BCUT2D eigenvalue weighted by molar-refractivity contribution is 5.84. The molecule has 1 aromatic carbocycles. The van der Waals surface area contributed by atoms with Gasteiger partial charge in [-0.15, -0.1) is 0 Å². The Morgan fingerprint density at radius 2 is 1.94 bits per heavy atom. The van der Waals surface area contributed by atoms with E-state index in [1.165, 1.54) is 28.3 Å². The lowest BCUT2D eigenvalue weighted by Crippen LogP contribution is -2.19. The number of rotatable bonds is 2. The summed E-state index contributed by atoms with van der Waals surface area (Å²) in [6.07, 6.45) is 6.65. The summed E-state index contributed by atoms with van der Waals surface area (Å²) in [4.78, 5) is 0. The highest BCUT2D eigenvalue weighted by Crippen LogP contribution is 2.17. The molecule has 0 saturated heterocycles. The van der Waals surface area contributed by atoms with Crippen LogP contribution in [0.2, 0.25) is 0 Å². The molecule has 0 spiro atoms. The molecule has 0 saturated carbocycles. The molecule has 84 valence electrons. The number of hydrogen-bond donors (Lipinski definition) is 0.